The number of esters is 1. The third kappa shape index (κ3) is 8.18. The maximum Gasteiger partial charge on any atom is 0.334 e. The van der Waals surface area contributed by atoms with Gasteiger partial charge in [-0.15, -0.1) is 0 Å². The number of rotatable bonds is 8. The van der Waals surface area contributed by atoms with E-state index >= 15 is 0 Å². The van der Waals surface area contributed by atoms with Crippen molar-refractivity contribution >= 4 is 5.97 Å². The van der Waals surface area contributed by atoms with Crippen molar-refractivity contribution in [1.82, 2.24) is 0 Å². The van der Waals surface area contributed by atoms with Crippen LogP contribution in [0.25, 0.3) is 0 Å². The van der Waals surface area contributed by atoms with Crippen molar-refractivity contribution in [3.05, 3.63) is 12.2 Å². The molecule has 0 aromatic rings. The van der Waals surface area contributed by atoms with E-state index in [9.17, 15) is 4.79 Å². The minimum absolute atomic E-state index is 0.360. The van der Waals surface area contributed by atoms with Gasteiger partial charge in [0.25, 0.3) is 0 Å². The lowest BCUT2D eigenvalue weighted by molar-refractivity contribution is -0.153. The summed E-state index contributed by atoms with van der Waals surface area (Å²) < 4.78 is 4.86. The molecule has 3 heteroatoms. The van der Waals surface area contributed by atoms with Crippen LogP contribution in [0.3, 0.4) is 0 Å². The van der Waals surface area contributed by atoms with Crippen LogP contribution in [0.15, 0.2) is 12.2 Å². The minimum Gasteiger partial charge on any atom is -0.463 e. The molecule has 0 aliphatic heterocycles. The summed E-state index contributed by atoms with van der Waals surface area (Å²) in [6, 6.07) is 0. The molecule has 0 aromatic carbocycles. The summed E-state index contributed by atoms with van der Waals surface area (Å²) in [6.45, 7) is 4.26. The van der Waals surface area contributed by atoms with Gasteiger partial charge in [-0.25, -0.2) is 4.79 Å². The van der Waals surface area contributed by atoms with Gasteiger partial charge in [-0.1, -0.05) is 38.8 Å². The van der Waals surface area contributed by atoms with Crippen molar-refractivity contribution in [2.24, 2.45) is 0 Å². The number of aliphatic hydroxyl groups excluding tert-OH is 1. The van der Waals surface area contributed by atoms with Crippen LogP contribution in [0, 0.1) is 0 Å². The molecule has 0 radical (unpaired) electrons. The monoisotopic (exact) mass is 214 g/mol. The lowest BCUT2D eigenvalue weighted by atomic mass is 10.2. The molecule has 0 saturated carbocycles. The maximum atomic E-state index is 11.0. The van der Waals surface area contributed by atoms with Gasteiger partial charge in [0.05, 0.1) is 6.61 Å². The Labute approximate surface area is 92.1 Å². The van der Waals surface area contributed by atoms with Gasteiger partial charge in [0.1, 0.15) is 0 Å². The largest absolute Gasteiger partial charge is 0.463 e. The highest BCUT2D eigenvalue weighted by Gasteiger charge is 2.12. The zero-order valence-corrected chi connectivity index (χ0v) is 9.74. The topological polar surface area (TPSA) is 46.5 Å². The van der Waals surface area contributed by atoms with Crippen LogP contribution in [-0.4, -0.2) is 23.8 Å². The summed E-state index contributed by atoms with van der Waals surface area (Å²) in [7, 11) is 0. The van der Waals surface area contributed by atoms with Gasteiger partial charge in [0.15, 0.2) is 6.10 Å². The highest BCUT2D eigenvalue weighted by atomic mass is 16.5. The van der Waals surface area contributed by atoms with Crippen molar-refractivity contribution in [2.45, 2.75) is 52.1 Å². The number of allylic oxidation sites excluding steroid dienone is 1. The number of ether oxygens (including phenoxy) is 1. The summed E-state index contributed by atoms with van der Waals surface area (Å²) in [6.07, 6.45) is 7.77. The Bertz CT molecular complexity index is 187. The molecule has 0 bridgehead atoms. The van der Waals surface area contributed by atoms with Crippen molar-refractivity contribution in [3.63, 3.8) is 0 Å². The highest BCUT2D eigenvalue weighted by molar-refractivity contribution is 5.74. The molecule has 0 spiro atoms. The van der Waals surface area contributed by atoms with E-state index in [1.165, 1.54) is 12.8 Å². The maximum absolute atomic E-state index is 11.0. The van der Waals surface area contributed by atoms with Crippen LogP contribution in [-0.2, 0) is 9.53 Å². The number of unbranched alkanes of at least 4 members (excludes halogenated alkanes) is 2. The summed E-state index contributed by atoms with van der Waals surface area (Å²) >= 11 is 0. The van der Waals surface area contributed by atoms with Crippen molar-refractivity contribution in [2.75, 3.05) is 6.61 Å². The fourth-order valence-electron chi connectivity index (χ4n) is 1.05. The standard InChI is InChI=1S/C12H22O3/c1-3-5-6-7-8-9-10-15-12(14)11(13)4-2/h7-8,11,13H,3-6,9-10H2,1-2H3/b8-7+. The van der Waals surface area contributed by atoms with E-state index < -0.39 is 12.1 Å². The van der Waals surface area contributed by atoms with E-state index in [0.717, 1.165) is 12.8 Å². The summed E-state index contributed by atoms with van der Waals surface area (Å²) in [5, 5.41) is 9.11. The molecule has 1 N–H and O–H groups in total. The average Bonchev–Trinajstić information content (AvgIpc) is 2.26. The van der Waals surface area contributed by atoms with Crippen LogP contribution in [0.5, 0.6) is 0 Å². The molecule has 0 heterocycles. The van der Waals surface area contributed by atoms with Gasteiger partial charge in [-0.3, -0.25) is 0 Å². The number of hydrogen-bond donors (Lipinski definition) is 1. The van der Waals surface area contributed by atoms with Gasteiger partial charge < -0.3 is 9.84 Å². The highest BCUT2D eigenvalue weighted by Crippen LogP contribution is 1.98. The number of hydrogen-bond acceptors (Lipinski definition) is 3. The molecule has 3 nitrogen and oxygen atoms in total. The fourth-order valence-corrected chi connectivity index (χ4v) is 1.05. The fraction of sp³-hybridized carbons (Fsp3) is 0.750. The first-order chi connectivity index (χ1) is 7.22. The van der Waals surface area contributed by atoms with Crippen LogP contribution in [0.2, 0.25) is 0 Å². The second kappa shape index (κ2) is 9.71. The third-order valence-electron chi connectivity index (χ3n) is 2.08. The van der Waals surface area contributed by atoms with E-state index in [2.05, 4.69) is 13.0 Å². The molecule has 0 aliphatic carbocycles. The Morgan fingerprint density at radius 3 is 2.60 bits per heavy atom. The first-order valence-corrected chi connectivity index (χ1v) is 5.72. The molecule has 0 aliphatic rings. The molecular formula is C12H22O3. The van der Waals surface area contributed by atoms with E-state index in [1.54, 1.807) is 6.92 Å². The molecule has 1 atom stereocenters. The van der Waals surface area contributed by atoms with Crippen LogP contribution < -0.4 is 0 Å². The Morgan fingerprint density at radius 1 is 1.33 bits per heavy atom. The molecule has 15 heavy (non-hydrogen) atoms. The van der Waals surface area contributed by atoms with Crippen molar-refractivity contribution < 1.29 is 14.6 Å². The molecule has 0 aromatic heterocycles. The van der Waals surface area contributed by atoms with Crippen molar-refractivity contribution in [1.29, 1.82) is 0 Å². The number of carbonyl (C=O) groups is 1. The Morgan fingerprint density at radius 2 is 2.00 bits per heavy atom. The van der Waals surface area contributed by atoms with Gasteiger partial charge in [-0.2, -0.15) is 0 Å². The molecule has 0 rings (SSSR count). The zero-order valence-electron chi connectivity index (χ0n) is 9.74. The predicted octanol–water partition coefficient (Wildman–Crippen LogP) is 2.44. The van der Waals surface area contributed by atoms with E-state index in [-0.39, 0.29) is 0 Å². The van der Waals surface area contributed by atoms with Crippen LogP contribution in [0.1, 0.15) is 46.0 Å². The van der Waals surface area contributed by atoms with Gasteiger partial charge in [0.2, 0.25) is 0 Å². The van der Waals surface area contributed by atoms with Crippen LogP contribution >= 0.6 is 0 Å². The molecule has 1 unspecified atom stereocenters. The lowest BCUT2D eigenvalue weighted by Crippen LogP contribution is -2.22. The normalized spacial score (nSPS) is 13.0. The molecule has 0 amide bonds. The van der Waals surface area contributed by atoms with Crippen LogP contribution in [0.4, 0.5) is 0 Å². The summed E-state index contributed by atoms with van der Waals surface area (Å²) in [5.41, 5.74) is 0. The quantitative estimate of drug-likeness (QED) is 0.383. The lowest BCUT2D eigenvalue weighted by Gasteiger charge is -2.06. The smallest absolute Gasteiger partial charge is 0.334 e. The molecule has 0 fully saturated rings. The van der Waals surface area contributed by atoms with Crippen molar-refractivity contribution in [3.8, 4) is 0 Å². The Kier molecular flexibility index (Phi) is 9.18. The van der Waals surface area contributed by atoms with Gasteiger partial charge >= 0.3 is 5.97 Å². The Hall–Kier alpha value is -0.830. The van der Waals surface area contributed by atoms with Gasteiger partial charge in [0, 0.05) is 0 Å². The summed E-state index contributed by atoms with van der Waals surface area (Å²) in [4.78, 5) is 11.0. The minimum atomic E-state index is -0.964. The molecule has 0 saturated heterocycles. The van der Waals surface area contributed by atoms with E-state index in [0.29, 0.717) is 13.0 Å². The predicted molar refractivity (Wildman–Crippen MR) is 60.5 cm³/mol. The second-order valence-electron chi connectivity index (χ2n) is 3.49. The number of aliphatic hydroxyl groups is 1. The second-order valence-corrected chi connectivity index (χ2v) is 3.49. The average molecular weight is 214 g/mol. The Balaban J connectivity index is 3.38. The van der Waals surface area contributed by atoms with Gasteiger partial charge in [-0.05, 0) is 19.3 Å². The third-order valence-corrected chi connectivity index (χ3v) is 2.08. The summed E-state index contributed by atoms with van der Waals surface area (Å²) in [5.74, 6) is -0.514. The first kappa shape index (κ1) is 14.2. The van der Waals surface area contributed by atoms with E-state index in [4.69, 9.17) is 9.84 Å². The number of carbonyl (C=O) groups excluding carboxylic acids is 1. The SMILES string of the molecule is CCCC/C=C/CCOC(=O)C(O)CC. The van der Waals surface area contributed by atoms with E-state index in [1.807, 2.05) is 6.08 Å². The molecule has 88 valence electrons. The molecular weight excluding hydrogens is 192 g/mol. The zero-order chi connectivity index (χ0) is 11.5. The first-order valence-electron chi connectivity index (χ1n) is 5.72.